The summed E-state index contributed by atoms with van der Waals surface area (Å²) >= 11 is 0. The highest BCUT2D eigenvalue weighted by Gasteiger charge is 2.17. The Labute approximate surface area is 450 Å². The number of carboxylic acids is 1. The van der Waals surface area contributed by atoms with Crippen molar-refractivity contribution in [1.29, 1.82) is 0 Å². The molecule has 3 aliphatic heterocycles. The number of nitrogens with two attached hydrogens (primary N) is 2. The van der Waals surface area contributed by atoms with Crippen molar-refractivity contribution < 1.29 is 78.9 Å². The molecule has 3 fully saturated rings. The third-order valence-corrected chi connectivity index (χ3v) is 13.4. The molecule has 0 bridgehead atoms. The molecule has 3 saturated heterocycles. The normalized spacial score (nSPS) is 16.5. The molecule has 15 N–H and O–H groups in total. The fraction of sp³-hybridized carbons (Fsp3) is 0.918. The van der Waals surface area contributed by atoms with Crippen LogP contribution in [0.25, 0.3) is 0 Å². The first-order valence-corrected chi connectivity index (χ1v) is 27.9. The van der Waals surface area contributed by atoms with E-state index in [9.17, 15) is 4.79 Å². The maximum Gasteiger partial charge on any atom is 0.451 e. The van der Waals surface area contributed by atoms with Gasteiger partial charge in [-0.1, -0.05) is 71.1 Å². The number of nitrogens with one attached hydrogen (secondary N) is 2. The van der Waals surface area contributed by atoms with Gasteiger partial charge < -0.3 is 77.2 Å². The minimum atomic E-state index is -1.26. The molecule has 5 atom stereocenters. The molecular weight excluding hydrogens is 972 g/mol. The Morgan fingerprint density at radius 2 is 0.893 bits per heavy atom. The van der Waals surface area contributed by atoms with Gasteiger partial charge in [-0.3, -0.25) is 4.79 Å². The van der Waals surface area contributed by atoms with Crippen LogP contribution in [0, 0.1) is 5.92 Å². The van der Waals surface area contributed by atoms with Gasteiger partial charge in [-0.2, -0.15) is 28.8 Å². The first kappa shape index (κ1) is 78.8. The molecule has 0 aromatic rings. The minimum Gasteiger partial charge on any atom is -0.481 e. The van der Waals surface area contributed by atoms with E-state index < -0.39 is 34.4 Å². The summed E-state index contributed by atoms with van der Waals surface area (Å²) in [6.45, 7) is 10.6. The molecule has 3 aliphatic rings. The quantitative estimate of drug-likeness (QED) is 0.0324. The number of carboxylic acid groups (broad SMARTS) is 1. The molecule has 0 saturated carbocycles. The zero-order valence-corrected chi connectivity index (χ0v) is 46.0. The van der Waals surface area contributed by atoms with Crippen molar-refractivity contribution in [3.63, 3.8) is 0 Å². The molecule has 75 heavy (non-hydrogen) atoms. The molecule has 436 valence electrons. The number of nitrogens with zero attached hydrogens (tertiary/aromatic N) is 2. The Bertz CT molecular complexity index is 1300. The second-order valence-electron chi connectivity index (χ2n) is 19.7. The average Bonchev–Trinajstić information content (AvgIpc) is 3.90. The lowest BCUT2D eigenvalue weighted by Crippen LogP contribution is -2.32. The molecule has 22 nitrogen and oxygen atoms in total. The topological polar surface area (TPSA) is 384 Å². The van der Waals surface area contributed by atoms with E-state index in [1.54, 1.807) is 0 Å². The van der Waals surface area contributed by atoms with Crippen LogP contribution in [0.5, 0.6) is 0 Å². The minimum absolute atomic E-state index is 0.250. The number of piperidine rings is 2. The van der Waals surface area contributed by atoms with Crippen LogP contribution in [0.15, 0.2) is 0 Å². The number of hydrogen-bond donors (Lipinski definition) is 13. The summed E-state index contributed by atoms with van der Waals surface area (Å²) in [6.07, 6.45) is 32.0. The SMILES string of the molecule is CCC(CCCCB(O)O)C(=O)O.CNC(CCCCB(O)O)CCCN1CCCCC1.NC(CCCCB(O)O)CCC1CCCN1.NC(CCCCB(O)O)CCCN1CCCCC1.O=C=O.O=C=O.O=C=O. The van der Waals surface area contributed by atoms with Crippen molar-refractivity contribution in [1.82, 2.24) is 20.4 Å². The van der Waals surface area contributed by atoms with Crippen molar-refractivity contribution >= 4 is 52.9 Å². The predicted molar refractivity (Wildman–Crippen MR) is 290 cm³/mol. The van der Waals surface area contributed by atoms with E-state index in [4.69, 9.17) is 85.5 Å². The lowest BCUT2D eigenvalue weighted by atomic mass is 9.83. The van der Waals surface area contributed by atoms with Crippen LogP contribution < -0.4 is 22.1 Å². The zero-order valence-electron chi connectivity index (χ0n) is 46.0. The van der Waals surface area contributed by atoms with E-state index >= 15 is 0 Å². The standard InChI is InChI=1S/C14H31BN2O2.C13H29BN2O2.C11H25BN2O2.C8H17BO4.3CO2/c1-16-14(8-3-4-10-15(18)19)9-7-13-17-11-5-2-6-12-17;15-13(7-2-3-9-14(17)18)8-6-12-16-10-4-1-5-11-16;13-10(4-1-2-8-12(15)16)6-7-11-5-3-9-14-11;1-2-7(8(10)11)5-3-4-6-9(12)13;3*2-1-3/h14,16,18-19H,2-13H2,1H3;13,17-18H,1-12,15H2;10-11,14-16H,1-9,13H2;7,12-13H,2-6H2,1H3,(H,10,11);;;. The van der Waals surface area contributed by atoms with Gasteiger partial charge in [0.2, 0.25) is 0 Å². The van der Waals surface area contributed by atoms with Gasteiger partial charge in [-0.05, 0) is 187 Å². The van der Waals surface area contributed by atoms with Gasteiger partial charge in [0.05, 0.1) is 5.92 Å². The molecule has 0 aromatic heterocycles. The van der Waals surface area contributed by atoms with Crippen LogP contribution in [-0.4, -0.2) is 185 Å². The average molecular weight is 1070 g/mol. The van der Waals surface area contributed by atoms with Gasteiger partial charge >= 0.3 is 52.9 Å². The molecule has 3 rings (SSSR count). The summed E-state index contributed by atoms with van der Waals surface area (Å²) in [5.74, 6) is -1.04. The third kappa shape index (κ3) is 63.7. The Kier molecular flexibility index (Phi) is 63.6. The molecule has 5 unspecified atom stereocenters. The number of rotatable bonds is 34. The van der Waals surface area contributed by atoms with E-state index in [1.165, 1.54) is 116 Å². The van der Waals surface area contributed by atoms with Crippen molar-refractivity contribution in [2.24, 2.45) is 17.4 Å². The molecule has 0 aromatic carbocycles. The van der Waals surface area contributed by atoms with Gasteiger partial charge in [0.25, 0.3) is 0 Å². The first-order valence-electron chi connectivity index (χ1n) is 27.9. The van der Waals surface area contributed by atoms with Crippen LogP contribution in [0.1, 0.15) is 180 Å². The second-order valence-corrected chi connectivity index (χ2v) is 19.7. The van der Waals surface area contributed by atoms with Crippen molar-refractivity contribution in [2.75, 3.05) is 52.9 Å². The van der Waals surface area contributed by atoms with Crippen molar-refractivity contribution in [3.8, 4) is 0 Å². The zero-order chi connectivity index (χ0) is 57.3. The number of carbonyl (C=O) groups excluding carboxylic acids is 6. The molecular formula is C49H102B4N6O16. The molecule has 0 aliphatic carbocycles. The highest BCUT2D eigenvalue weighted by atomic mass is 16.4. The molecule has 0 radical (unpaired) electrons. The van der Waals surface area contributed by atoms with Crippen LogP contribution in [0.2, 0.25) is 25.3 Å². The fourth-order valence-corrected chi connectivity index (χ4v) is 9.05. The number of hydrogen-bond acceptors (Lipinski definition) is 21. The largest absolute Gasteiger partial charge is 0.481 e. The van der Waals surface area contributed by atoms with E-state index in [2.05, 4.69) is 20.4 Å². The Morgan fingerprint density at radius 3 is 1.24 bits per heavy atom. The van der Waals surface area contributed by atoms with Crippen molar-refractivity contribution in [2.45, 2.75) is 230 Å². The summed E-state index contributed by atoms with van der Waals surface area (Å²) in [6, 6.07) is 1.83. The molecule has 0 spiro atoms. The Balaban J connectivity index is -0.000000427. The van der Waals surface area contributed by atoms with Crippen LogP contribution in [0.4, 0.5) is 0 Å². The maximum atomic E-state index is 10.6. The lowest BCUT2D eigenvalue weighted by Gasteiger charge is -2.27. The van der Waals surface area contributed by atoms with Gasteiger partial charge in [0, 0.05) is 24.2 Å². The van der Waals surface area contributed by atoms with E-state index in [0.29, 0.717) is 56.6 Å². The molecule has 3 heterocycles. The Hall–Kier alpha value is -2.69. The number of carbonyl (C=O) groups is 1. The summed E-state index contributed by atoms with van der Waals surface area (Å²) < 4.78 is 0. The molecule has 26 heteroatoms. The summed E-state index contributed by atoms with van der Waals surface area (Å²) in [5, 5.41) is 85.0. The second kappa shape index (κ2) is 60.5. The highest BCUT2D eigenvalue weighted by Crippen LogP contribution is 2.17. The summed E-state index contributed by atoms with van der Waals surface area (Å²) in [7, 11) is -2.66. The predicted octanol–water partition coefficient (Wildman–Crippen LogP) is 2.19. The van der Waals surface area contributed by atoms with E-state index in [-0.39, 0.29) is 36.5 Å². The van der Waals surface area contributed by atoms with Gasteiger partial charge in [0.15, 0.2) is 0 Å². The fourth-order valence-electron chi connectivity index (χ4n) is 9.05. The lowest BCUT2D eigenvalue weighted by molar-refractivity contribution is -0.193. The smallest absolute Gasteiger partial charge is 0.451 e. The summed E-state index contributed by atoms with van der Waals surface area (Å²) in [4.78, 5) is 64.5. The van der Waals surface area contributed by atoms with E-state index in [0.717, 1.165) is 83.6 Å². The van der Waals surface area contributed by atoms with E-state index in [1.807, 2.05) is 14.0 Å². The van der Waals surface area contributed by atoms with Crippen LogP contribution >= 0.6 is 0 Å². The number of unbranched alkanes of at least 4 members (excludes halogenated alkanes) is 4. The summed E-state index contributed by atoms with van der Waals surface area (Å²) in [5.41, 5.74) is 12.1. The van der Waals surface area contributed by atoms with Gasteiger partial charge in [-0.25, -0.2) is 0 Å². The molecule has 0 amide bonds. The third-order valence-electron chi connectivity index (χ3n) is 13.4. The van der Waals surface area contributed by atoms with Crippen LogP contribution in [0.3, 0.4) is 0 Å². The highest BCUT2D eigenvalue weighted by molar-refractivity contribution is 6.41. The first-order chi connectivity index (χ1) is 35.9. The number of aliphatic carboxylic acids is 1. The van der Waals surface area contributed by atoms with Gasteiger partial charge in [-0.15, -0.1) is 0 Å². The Morgan fingerprint density at radius 1 is 0.547 bits per heavy atom. The van der Waals surface area contributed by atoms with Crippen LogP contribution in [-0.2, 0) is 33.6 Å². The monoisotopic (exact) mass is 1070 g/mol. The maximum absolute atomic E-state index is 10.6. The van der Waals surface area contributed by atoms with Gasteiger partial charge in [0.1, 0.15) is 0 Å². The van der Waals surface area contributed by atoms with Crippen molar-refractivity contribution in [3.05, 3.63) is 0 Å². The number of likely N-dealkylation sites (tertiary alicyclic amines) is 2.